The van der Waals surface area contributed by atoms with E-state index in [0.29, 0.717) is 37.9 Å². The second-order valence-electron chi connectivity index (χ2n) is 9.26. The van der Waals surface area contributed by atoms with Crippen molar-refractivity contribution < 1.29 is 14.3 Å². The first-order chi connectivity index (χ1) is 16.4. The zero-order chi connectivity index (χ0) is 23.8. The molecule has 3 aromatic rings. The van der Waals surface area contributed by atoms with Gasteiger partial charge in [0, 0.05) is 54.5 Å². The maximum Gasteiger partial charge on any atom is 0.274 e. The molecule has 2 aromatic heterocycles. The quantitative estimate of drug-likeness (QED) is 0.612. The Hall–Kier alpha value is -3.17. The lowest BCUT2D eigenvalue weighted by molar-refractivity contribution is -0.00572. The Morgan fingerprint density at radius 1 is 1.06 bits per heavy atom. The Balaban J connectivity index is 1.46. The lowest BCUT2D eigenvalue weighted by Crippen LogP contribution is -2.46. The molecule has 9 nitrogen and oxygen atoms in total. The molecular weight excluding hydrogens is 432 g/mol. The fourth-order valence-electron chi connectivity index (χ4n) is 4.71. The molecule has 2 saturated heterocycles. The van der Waals surface area contributed by atoms with Crippen molar-refractivity contribution in [2.24, 2.45) is 0 Å². The maximum absolute atomic E-state index is 13.3. The normalized spacial score (nSPS) is 21.2. The van der Waals surface area contributed by atoms with Gasteiger partial charge in [-0.2, -0.15) is 4.98 Å². The average molecular weight is 465 g/mol. The molecule has 0 aliphatic carbocycles. The number of nitrogens with zero attached hydrogens (tertiary/aromatic N) is 4. The summed E-state index contributed by atoms with van der Waals surface area (Å²) in [4.78, 5) is 30.5. The number of nitrogens with one attached hydrogen (secondary N) is 2. The van der Waals surface area contributed by atoms with Crippen molar-refractivity contribution in [2.75, 3.05) is 54.5 Å². The Bertz CT molecular complexity index is 1190. The molecule has 1 aromatic carbocycles. The van der Waals surface area contributed by atoms with Crippen molar-refractivity contribution in [1.82, 2.24) is 15.0 Å². The highest BCUT2D eigenvalue weighted by atomic mass is 16.5. The Kier molecular flexibility index (Phi) is 6.14. The lowest BCUT2D eigenvalue weighted by Gasteiger charge is -2.36. The highest BCUT2D eigenvalue weighted by Crippen LogP contribution is 2.26. The molecule has 2 fully saturated rings. The van der Waals surface area contributed by atoms with Gasteiger partial charge in [-0.25, -0.2) is 4.98 Å². The van der Waals surface area contributed by atoms with E-state index in [1.54, 1.807) is 6.07 Å². The molecule has 34 heavy (non-hydrogen) atoms. The lowest BCUT2D eigenvalue weighted by atomic mass is 10.1. The van der Waals surface area contributed by atoms with Crippen molar-refractivity contribution in [3.05, 3.63) is 41.2 Å². The van der Waals surface area contributed by atoms with Crippen LogP contribution in [0.2, 0.25) is 0 Å². The molecule has 2 aliphatic heterocycles. The smallest absolute Gasteiger partial charge is 0.274 e. The fraction of sp³-hybridized carbons (Fsp3) is 0.480. The van der Waals surface area contributed by atoms with Crippen LogP contribution in [0, 0.1) is 13.8 Å². The van der Waals surface area contributed by atoms with E-state index in [9.17, 15) is 4.79 Å². The van der Waals surface area contributed by atoms with Crippen LogP contribution >= 0.6 is 0 Å². The second-order valence-corrected chi connectivity index (χ2v) is 9.26. The summed E-state index contributed by atoms with van der Waals surface area (Å²) in [6.45, 7) is 12.3. The highest BCUT2D eigenvalue weighted by molar-refractivity contribution is 6.04. The van der Waals surface area contributed by atoms with Gasteiger partial charge in [0.05, 0.1) is 25.4 Å². The molecule has 4 heterocycles. The van der Waals surface area contributed by atoms with E-state index < -0.39 is 0 Å². The third kappa shape index (κ3) is 4.58. The van der Waals surface area contributed by atoms with E-state index in [1.165, 1.54) is 5.56 Å². The Morgan fingerprint density at radius 3 is 2.53 bits per heavy atom. The number of carbonyl (C=O) groups is 1. The minimum atomic E-state index is -0.253. The van der Waals surface area contributed by atoms with Crippen molar-refractivity contribution in [3.63, 3.8) is 0 Å². The van der Waals surface area contributed by atoms with Crippen molar-refractivity contribution in [1.29, 1.82) is 0 Å². The van der Waals surface area contributed by atoms with Gasteiger partial charge in [-0.1, -0.05) is 0 Å². The van der Waals surface area contributed by atoms with E-state index >= 15 is 0 Å². The van der Waals surface area contributed by atoms with Crippen molar-refractivity contribution >= 4 is 34.3 Å². The van der Waals surface area contributed by atoms with E-state index in [2.05, 4.69) is 38.9 Å². The number of morpholine rings is 2. The summed E-state index contributed by atoms with van der Waals surface area (Å²) >= 11 is 0. The third-order valence-corrected chi connectivity index (χ3v) is 6.54. The van der Waals surface area contributed by atoms with Crippen LogP contribution in [0.15, 0.2) is 24.3 Å². The van der Waals surface area contributed by atoms with E-state index in [1.807, 2.05) is 32.0 Å². The summed E-state index contributed by atoms with van der Waals surface area (Å²) in [7, 11) is 0. The van der Waals surface area contributed by atoms with Gasteiger partial charge >= 0.3 is 0 Å². The predicted octanol–water partition coefficient (Wildman–Crippen LogP) is 3.28. The van der Waals surface area contributed by atoms with Crippen LogP contribution in [-0.2, 0) is 9.47 Å². The van der Waals surface area contributed by atoms with E-state index in [0.717, 1.165) is 41.2 Å². The maximum atomic E-state index is 13.3. The fourth-order valence-corrected chi connectivity index (χ4v) is 4.71. The zero-order valence-corrected chi connectivity index (χ0v) is 20.2. The zero-order valence-electron chi connectivity index (χ0n) is 20.2. The summed E-state index contributed by atoms with van der Waals surface area (Å²) in [5.74, 6) is 1.05. The minimum absolute atomic E-state index is 0.0662. The molecular formula is C25H32N6O3. The third-order valence-electron chi connectivity index (χ3n) is 6.54. The number of aryl methyl sites for hydroxylation is 2. The van der Waals surface area contributed by atoms with Gasteiger partial charge in [0.25, 0.3) is 5.91 Å². The molecule has 0 spiro atoms. The van der Waals surface area contributed by atoms with Gasteiger partial charge in [0.2, 0.25) is 5.95 Å². The molecule has 0 bridgehead atoms. The topological polar surface area (TPSA) is 95.6 Å². The number of benzene rings is 1. The number of hydrogen-bond acceptors (Lipinski definition) is 7. The largest absolute Gasteiger partial charge is 0.378 e. The SMILES string of the molecule is Cc1[nH]c2ccc(NC(=O)c3cc(N4CCOCC4)nc(N4C[C@@H](C)O[C@@H](C)C4)n3)cc2c1C. The predicted molar refractivity (Wildman–Crippen MR) is 133 cm³/mol. The van der Waals surface area contributed by atoms with Gasteiger partial charge in [0.15, 0.2) is 0 Å². The number of hydrogen-bond donors (Lipinski definition) is 2. The number of aromatic nitrogens is 3. The van der Waals surface area contributed by atoms with E-state index in [4.69, 9.17) is 14.5 Å². The number of H-pyrrole nitrogens is 1. The van der Waals surface area contributed by atoms with Gasteiger partial charge < -0.3 is 29.6 Å². The van der Waals surface area contributed by atoms with Crippen LogP contribution in [0.1, 0.15) is 35.6 Å². The number of fused-ring (bicyclic) bond motifs is 1. The summed E-state index contributed by atoms with van der Waals surface area (Å²) in [6.07, 6.45) is 0.132. The first-order valence-corrected chi connectivity index (χ1v) is 11.9. The molecule has 0 saturated carbocycles. The molecule has 0 radical (unpaired) electrons. The van der Waals surface area contributed by atoms with Crippen molar-refractivity contribution in [2.45, 2.75) is 39.9 Å². The highest BCUT2D eigenvalue weighted by Gasteiger charge is 2.26. The van der Waals surface area contributed by atoms with Crippen molar-refractivity contribution in [3.8, 4) is 0 Å². The van der Waals surface area contributed by atoms with Gasteiger partial charge in [-0.05, 0) is 51.5 Å². The molecule has 2 N–H and O–H groups in total. The molecule has 2 aliphatic rings. The minimum Gasteiger partial charge on any atom is -0.378 e. The summed E-state index contributed by atoms with van der Waals surface area (Å²) in [5.41, 5.74) is 4.45. The number of aromatic amines is 1. The summed E-state index contributed by atoms with van der Waals surface area (Å²) < 4.78 is 11.4. The Labute approximate surface area is 199 Å². The first-order valence-electron chi connectivity index (χ1n) is 11.9. The number of amides is 1. The monoisotopic (exact) mass is 464 g/mol. The van der Waals surface area contributed by atoms with Crippen LogP contribution < -0.4 is 15.1 Å². The van der Waals surface area contributed by atoms with Gasteiger partial charge in [-0.15, -0.1) is 0 Å². The van der Waals surface area contributed by atoms with E-state index in [-0.39, 0.29) is 18.1 Å². The number of rotatable bonds is 4. The Morgan fingerprint density at radius 2 is 1.79 bits per heavy atom. The van der Waals surface area contributed by atoms with Crippen LogP contribution in [0.3, 0.4) is 0 Å². The first kappa shape index (κ1) is 22.6. The molecule has 180 valence electrons. The molecule has 0 unspecified atom stereocenters. The van der Waals surface area contributed by atoms with Crippen LogP contribution in [-0.4, -0.2) is 72.5 Å². The second kappa shape index (κ2) is 9.23. The standard InChI is InChI=1S/C25H32N6O3/c1-15-13-31(14-16(2)34-15)25-28-22(12-23(29-25)30-7-9-33-10-8-30)24(32)27-19-5-6-21-20(11-19)17(3)18(4)26-21/h5-6,11-12,15-16,26H,7-10,13-14H2,1-4H3,(H,27,32)/t15-,16+. The number of carbonyl (C=O) groups excluding carboxylic acids is 1. The molecule has 9 heteroatoms. The van der Waals surface area contributed by atoms with Crippen LogP contribution in [0.4, 0.5) is 17.5 Å². The molecule has 5 rings (SSSR count). The summed E-state index contributed by atoms with van der Waals surface area (Å²) in [5, 5.41) is 4.14. The van der Waals surface area contributed by atoms with Gasteiger partial charge in [-0.3, -0.25) is 4.79 Å². The molecule has 1 amide bonds. The number of ether oxygens (including phenoxy) is 2. The summed E-state index contributed by atoms with van der Waals surface area (Å²) in [6, 6.07) is 7.68. The van der Waals surface area contributed by atoms with Crippen LogP contribution in [0.25, 0.3) is 10.9 Å². The average Bonchev–Trinajstić information content (AvgIpc) is 3.11. The van der Waals surface area contributed by atoms with Crippen LogP contribution in [0.5, 0.6) is 0 Å². The number of anilines is 3. The van der Waals surface area contributed by atoms with Gasteiger partial charge in [0.1, 0.15) is 11.5 Å². The molecule has 2 atom stereocenters.